The van der Waals surface area contributed by atoms with Crippen molar-refractivity contribution in [3.63, 3.8) is 0 Å². The number of nitrogens with one attached hydrogen (secondary N) is 1. The fraction of sp³-hybridized carbons (Fsp3) is 0.235. The molecule has 4 heteroatoms. The summed E-state index contributed by atoms with van der Waals surface area (Å²) in [7, 11) is 1.63. The first-order chi connectivity index (χ1) is 10.1. The van der Waals surface area contributed by atoms with Crippen molar-refractivity contribution in [3.05, 3.63) is 59.7 Å². The van der Waals surface area contributed by atoms with Crippen molar-refractivity contribution < 1.29 is 9.53 Å². The number of hydrogen-bond acceptors (Lipinski definition) is 3. The number of carbonyl (C=O) groups is 1. The van der Waals surface area contributed by atoms with Gasteiger partial charge in [-0.2, -0.15) is 0 Å². The summed E-state index contributed by atoms with van der Waals surface area (Å²) in [6.45, 7) is 2.04. The zero-order valence-corrected chi connectivity index (χ0v) is 12.3. The maximum atomic E-state index is 12.3. The van der Waals surface area contributed by atoms with Gasteiger partial charge in [0.15, 0.2) is 0 Å². The molecule has 4 nitrogen and oxygen atoms in total. The third kappa shape index (κ3) is 3.75. The minimum atomic E-state index is -0.120. The van der Waals surface area contributed by atoms with Gasteiger partial charge in [-0.15, -0.1) is 0 Å². The number of methoxy groups -OCH3 is 1. The van der Waals surface area contributed by atoms with Gasteiger partial charge in [0, 0.05) is 11.3 Å². The highest BCUT2D eigenvalue weighted by molar-refractivity contribution is 5.95. The molecule has 0 saturated carbocycles. The zero-order chi connectivity index (χ0) is 15.2. The summed E-state index contributed by atoms with van der Waals surface area (Å²) in [5, 5.41) is 3.03. The molecule has 0 aliphatic carbocycles. The molecule has 2 aromatic carbocycles. The lowest BCUT2D eigenvalue weighted by molar-refractivity contribution is 0.0935. The largest absolute Gasteiger partial charge is 0.497 e. The van der Waals surface area contributed by atoms with E-state index in [9.17, 15) is 4.79 Å². The third-order valence-electron chi connectivity index (χ3n) is 3.38. The summed E-state index contributed by atoms with van der Waals surface area (Å²) >= 11 is 0. The molecule has 1 amide bonds. The van der Waals surface area contributed by atoms with Crippen LogP contribution in [-0.4, -0.2) is 13.0 Å². The fourth-order valence-corrected chi connectivity index (χ4v) is 2.18. The molecule has 2 aromatic rings. The van der Waals surface area contributed by atoms with Crippen LogP contribution in [0.5, 0.6) is 5.75 Å². The van der Waals surface area contributed by atoms with Crippen molar-refractivity contribution in [2.45, 2.75) is 19.4 Å². The molecule has 0 bridgehead atoms. The van der Waals surface area contributed by atoms with E-state index in [0.717, 1.165) is 17.7 Å². The van der Waals surface area contributed by atoms with Crippen LogP contribution in [0.3, 0.4) is 0 Å². The maximum Gasteiger partial charge on any atom is 0.251 e. The van der Waals surface area contributed by atoms with Gasteiger partial charge in [-0.25, -0.2) is 0 Å². The minimum absolute atomic E-state index is 0.0372. The summed E-state index contributed by atoms with van der Waals surface area (Å²) in [5.74, 6) is 0.681. The van der Waals surface area contributed by atoms with Crippen LogP contribution in [0.15, 0.2) is 48.5 Å². The monoisotopic (exact) mass is 284 g/mol. The number of nitrogen functional groups attached to an aromatic ring is 1. The Labute approximate surface area is 124 Å². The molecule has 0 saturated heterocycles. The Morgan fingerprint density at radius 3 is 2.52 bits per heavy atom. The summed E-state index contributed by atoms with van der Waals surface area (Å²) in [6, 6.07) is 14.7. The van der Waals surface area contributed by atoms with Crippen molar-refractivity contribution in [1.29, 1.82) is 0 Å². The molecule has 110 valence electrons. The van der Waals surface area contributed by atoms with E-state index >= 15 is 0 Å². The second-order valence-electron chi connectivity index (χ2n) is 4.83. The Hall–Kier alpha value is -2.49. The van der Waals surface area contributed by atoms with Crippen LogP contribution < -0.4 is 15.8 Å². The Morgan fingerprint density at radius 1 is 1.24 bits per heavy atom. The van der Waals surface area contributed by atoms with Gasteiger partial charge in [0.2, 0.25) is 0 Å². The van der Waals surface area contributed by atoms with Gasteiger partial charge in [0.05, 0.1) is 13.2 Å². The Morgan fingerprint density at radius 2 is 1.95 bits per heavy atom. The number of benzene rings is 2. The van der Waals surface area contributed by atoms with Gasteiger partial charge < -0.3 is 15.8 Å². The number of amides is 1. The summed E-state index contributed by atoms with van der Waals surface area (Å²) in [5.41, 5.74) is 7.92. The molecule has 0 spiro atoms. The molecule has 0 aliphatic heterocycles. The molecule has 2 rings (SSSR count). The molecule has 3 N–H and O–H groups in total. The van der Waals surface area contributed by atoms with Crippen molar-refractivity contribution in [3.8, 4) is 5.75 Å². The molecule has 21 heavy (non-hydrogen) atoms. The van der Waals surface area contributed by atoms with Gasteiger partial charge in [-0.1, -0.05) is 25.1 Å². The number of rotatable bonds is 5. The normalized spacial score (nSPS) is 11.7. The second kappa shape index (κ2) is 6.79. The van der Waals surface area contributed by atoms with E-state index in [1.807, 2.05) is 31.2 Å². The minimum Gasteiger partial charge on any atom is -0.497 e. The highest BCUT2D eigenvalue weighted by atomic mass is 16.5. The van der Waals surface area contributed by atoms with E-state index in [0.29, 0.717) is 11.3 Å². The van der Waals surface area contributed by atoms with Crippen LogP contribution >= 0.6 is 0 Å². The standard InChI is InChI=1S/C17H20N2O2/c1-3-16(12-7-9-15(21-2)10-8-12)19-17(20)13-5-4-6-14(18)11-13/h4-11,16H,3,18H2,1-2H3,(H,19,20). The number of anilines is 1. The van der Waals surface area contributed by atoms with Crippen molar-refractivity contribution in [1.82, 2.24) is 5.32 Å². The smallest absolute Gasteiger partial charge is 0.251 e. The van der Waals surface area contributed by atoms with Crippen LogP contribution in [0.2, 0.25) is 0 Å². The lowest BCUT2D eigenvalue weighted by atomic mass is 10.0. The number of ether oxygens (including phenoxy) is 1. The zero-order valence-electron chi connectivity index (χ0n) is 12.3. The average Bonchev–Trinajstić information content (AvgIpc) is 2.52. The highest BCUT2D eigenvalue weighted by Gasteiger charge is 2.14. The Bertz CT molecular complexity index is 608. The Balaban J connectivity index is 2.12. The molecule has 0 fully saturated rings. The van der Waals surface area contributed by atoms with Crippen molar-refractivity contribution in [2.75, 3.05) is 12.8 Å². The first kappa shape index (κ1) is 14.9. The summed E-state index contributed by atoms with van der Waals surface area (Å²) in [4.78, 5) is 12.3. The maximum absolute atomic E-state index is 12.3. The highest BCUT2D eigenvalue weighted by Crippen LogP contribution is 2.20. The SMILES string of the molecule is CCC(NC(=O)c1cccc(N)c1)c1ccc(OC)cc1. The quantitative estimate of drug-likeness (QED) is 0.829. The fourth-order valence-electron chi connectivity index (χ4n) is 2.18. The summed E-state index contributed by atoms with van der Waals surface area (Å²) < 4.78 is 5.14. The van der Waals surface area contributed by atoms with Crippen LogP contribution in [0.25, 0.3) is 0 Å². The lowest BCUT2D eigenvalue weighted by Crippen LogP contribution is -2.28. The molecular formula is C17H20N2O2. The van der Waals surface area contributed by atoms with Crippen LogP contribution in [0.4, 0.5) is 5.69 Å². The van der Waals surface area contributed by atoms with Crippen molar-refractivity contribution in [2.24, 2.45) is 0 Å². The van der Waals surface area contributed by atoms with E-state index in [4.69, 9.17) is 10.5 Å². The molecule has 0 aromatic heterocycles. The average molecular weight is 284 g/mol. The van der Waals surface area contributed by atoms with Gasteiger partial charge in [0.25, 0.3) is 5.91 Å². The van der Waals surface area contributed by atoms with Crippen LogP contribution in [0, 0.1) is 0 Å². The molecule has 0 heterocycles. The predicted molar refractivity (Wildman–Crippen MR) is 84.3 cm³/mol. The summed E-state index contributed by atoms with van der Waals surface area (Å²) in [6.07, 6.45) is 0.806. The molecule has 0 aliphatic rings. The van der Waals surface area contributed by atoms with E-state index < -0.39 is 0 Å². The van der Waals surface area contributed by atoms with E-state index in [2.05, 4.69) is 5.32 Å². The third-order valence-corrected chi connectivity index (χ3v) is 3.38. The van der Waals surface area contributed by atoms with E-state index in [1.165, 1.54) is 0 Å². The first-order valence-electron chi connectivity index (χ1n) is 6.94. The van der Waals surface area contributed by atoms with Gasteiger partial charge >= 0.3 is 0 Å². The van der Waals surface area contributed by atoms with Crippen LogP contribution in [-0.2, 0) is 0 Å². The molecule has 0 radical (unpaired) electrons. The first-order valence-corrected chi connectivity index (χ1v) is 6.94. The van der Waals surface area contributed by atoms with E-state index in [-0.39, 0.29) is 11.9 Å². The van der Waals surface area contributed by atoms with Gasteiger partial charge in [0.1, 0.15) is 5.75 Å². The molecule has 1 unspecified atom stereocenters. The Kier molecular flexibility index (Phi) is 4.82. The number of hydrogen-bond donors (Lipinski definition) is 2. The van der Waals surface area contributed by atoms with Crippen molar-refractivity contribution >= 4 is 11.6 Å². The molecular weight excluding hydrogens is 264 g/mol. The number of nitrogens with two attached hydrogens (primary N) is 1. The predicted octanol–water partition coefficient (Wildman–Crippen LogP) is 3.16. The lowest BCUT2D eigenvalue weighted by Gasteiger charge is -2.18. The van der Waals surface area contributed by atoms with Crippen LogP contribution in [0.1, 0.15) is 35.3 Å². The second-order valence-corrected chi connectivity index (χ2v) is 4.83. The number of carbonyl (C=O) groups excluding carboxylic acids is 1. The molecule has 1 atom stereocenters. The topological polar surface area (TPSA) is 64.4 Å². The van der Waals surface area contributed by atoms with E-state index in [1.54, 1.807) is 31.4 Å². The van der Waals surface area contributed by atoms with Gasteiger partial charge in [-0.05, 0) is 42.3 Å². The van der Waals surface area contributed by atoms with Gasteiger partial charge in [-0.3, -0.25) is 4.79 Å².